The molecule has 0 aromatic rings. The van der Waals surface area contributed by atoms with Crippen molar-refractivity contribution in [3.8, 4) is 0 Å². The van der Waals surface area contributed by atoms with E-state index in [4.69, 9.17) is 23.6 Å². The molecule has 0 heterocycles. The van der Waals surface area contributed by atoms with Crippen molar-refractivity contribution in [1.82, 2.24) is 0 Å². The van der Waals surface area contributed by atoms with Crippen molar-refractivity contribution < 1.29 is 43.0 Å². The molecule has 0 rings (SSSR count). The number of phosphoric acid groups is 1. The highest BCUT2D eigenvalue weighted by atomic mass is 31.2. The number of carbonyl (C=O) groups excluding carboxylic acids is 1. The van der Waals surface area contributed by atoms with E-state index in [-0.39, 0.29) is 13.0 Å². The molecule has 0 aliphatic rings. The van der Waals surface area contributed by atoms with E-state index < -0.39 is 45.8 Å². The highest BCUT2D eigenvalue weighted by molar-refractivity contribution is 7.47. The highest BCUT2D eigenvalue weighted by Gasteiger charge is 2.26. The van der Waals surface area contributed by atoms with E-state index in [1.54, 1.807) is 0 Å². The Balaban J connectivity index is 4.33. The Morgan fingerprint density at radius 3 is 1.89 bits per heavy atom. The molecule has 0 aromatic heterocycles. The minimum absolute atomic E-state index is 0.0290. The quantitative estimate of drug-likeness (QED) is 0.0271. The summed E-state index contributed by atoms with van der Waals surface area (Å²) in [5, 5.41) is 18.2. The first kappa shape index (κ1) is 44.4. The van der Waals surface area contributed by atoms with E-state index in [0.717, 1.165) is 89.9 Å². The number of esters is 1. The smallest absolute Gasteiger partial charge is 0.457 e. The molecule has 9 nitrogen and oxygen atoms in total. The lowest BCUT2D eigenvalue weighted by molar-refractivity contribution is -0.154. The van der Waals surface area contributed by atoms with Gasteiger partial charge in [0.1, 0.15) is 12.2 Å². The van der Waals surface area contributed by atoms with Gasteiger partial charge in [-0.05, 0) is 64.2 Å². The second kappa shape index (κ2) is 33.3. The summed E-state index contributed by atoms with van der Waals surface area (Å²) < 4.78 is 33.1. The summed E-state index contributed by atoms with van der Waals surface area (Å²) in [6.45, 7) is 3.26. The van der Waals surface area contributed by atoms with Gasteiger partial charge in [0.2, 0.25) is 0 Å². The molecule has 0 amide bonds. The number of rotatable bonds is 33. The number of ether oxygens (including phenoxy) is 2. The summed E-state index contributed by atoms with van der Waals surface area (Å²) in [5.74, 6) is -0.405. The van der Waals surface area contributed by atoms with Crippen LogP contribution < -0.4 is 0 Å². The number of aliphatic hydroxyl groups is 2. The normalized spacial score (nSPS) is 15.0. The van der Waals surface area contributed by atoms with Crippen LogP contribution >= 0.6 is 7.82 Å². The van der Waals surface area contributed by atoms with E-state index in [2.05, 4.69) is 62.5 Å². The number of allylic oxidation sites excluding steroid dienone is 8. The zero-order valence-corrected chi connectivity index (χ0v) is 29.7. The summed E-state index contributed by atoms with van der Waals surface area (Å²) in [6.07, 6.45) is 33.6. The zero-order chi connectivity index (χ0) is 34.0. The number of aliphatic hydroxyl groups excluding tert-OH is 2. The first-order chi connectivity index (χ1) is 22.3. The Morgan fingerprint density at radius 2 is 1.24 bits per heavy atom. The minimum Gasteiger partial charge on any atom is -0.457 e. The van der Waals surface area contributed by atoms with Gasteiger partial charge < -0.3 is 24.6 Å². The minimum atomic E-state index is -4.52. The average molecular weight is 673 g/mol. The lowest BCUT2D eigenvalue weighted by atomic mass is 10.1. The van der Waals surface area contributed by atoms with E-state index in [9.17, 15) is 19.4 Å². The number of hydrogen-bond donors (Lipinski definition) is 3. The number of carbonyl (C=O) groups is 1. The second-order valence-corrected chi connectivity index (χ2v) is 13.0. The number of hydrogen-bond acceptors (Lipinski definition) is 8. The molecular formula is C36H65O9P. The number of unbranched alkanes of at least 4 members (excludes halogenated alkanes) is 11. The zero-order valence-electron chi connectivity index (χ0n) is 28.8. The van der Waals surface area contributed by atoms with Gasteiger partial charge in [-0.15, -0.1) is 0 Å². The fraction of sp³-hybridized carbons (Fsp3) is 0.750. The fourth-order valence-electron chi connectivity index (χ4n) is 4.29. The molecule has 0 bridgehead atoms. The second-order valence-electron chi connectivity index (χ2n) is 11.5. The Kier molecular flexibility index (Phi) is 32.2. The van der Waals surface area contributed by atoms with Crippen molar-refractivity contribution in [2.45, 2.75) is 142 Å². The van der Waals surface area contributed by atoms with Gasteiger partial charge in [-0.3, -0.25) is 13.8 Å². The van der Waals surface area contributed by atoms with Crippen molar-refractivity contribution in [3.63, 3.8) is 0 Å². The molecular weight excluding hydrogens is 607 g/mol. The first-order valence-corrected chi connectivity index (χ1v) is 19.1. The maximum atomic E-state index is 12.5. The van der Waals surface area contributed by atoms with Crippen LogP contribution in [0.4, 0.5) is 0 Å². The SMILES string of the molecule is CC/C=C\C/C=C\C/C=C\CCCCCCOCC(COP(=O)(O)OCC(O)CO)OC(=O)CCCCCCC/C=C\CCCC. The van der Waals surface area contributed by atoms with Crippen molar-refractivity contribution in [2.24, 2.45) is 0 Å². The molecule has 10 heteroatoms. The highest BCUT2D eigenvalue weighted by Crippen LogP contribution is 2.43. The maximum Gasteiger partial charge on any atom is 0.472 e. The van der Waals surface area contributed by atoms with Crippen LogP contribution in [0.15, 0.2) is 48.6 Å². The molecule has 3 atom stereocenters. The van der Waals surface area contributed by atoms with Crippen LogP contribution in [-0.2, 0) is 27.9 Å². The third-order valence-corrected chi connectivity index (χ3v) is 7.95. The summed E-state index contributed by atoms with van der Waals surface area (Å²) in [4.78, 5) is 22.4. The van der Waals surface area contributed by atoms with Crippen LogP contribution in [0.25, 0.3) is 0 Å². The third-order valence-electron chi connectivity index (χ3n) is 7.00. The van der Waals surface area contributed by atoms with E-state index in [0.29, 0.717) is 13.0 Å². The van der Waals surface area contributed by atoms with Crippen LogP contribution in [0, 0.1) is 0 Å². The van der Waals surface area contributed by atoms with Gasteiger partial charge in [-0.2, -0.15) is 0 Å². The van der Waals surface area contributed by atoms with Crippen LogP contribution in [0.3, 0.4) is 0 Å². The molecule has 0 fully saturated rings. The molecule has 46 heavy (non-hydrogen) atoms. The van der Waals surface area contributed by atoms with Crippen molar-refractivity contribution in [1.29, 1.82) is 0 Å². The molecule has 268 valence electrons. The molecule has 0 radical (unpaired) electrons. The molecule has 0 aromatic carbocycles. The van der Waals surface area contributed by atoms with Crippen molar-refractivity contribution in [3.05, 3.63) is 48.6 Å². The summed E-state index contributed by atoms with van der Waals surface area (Å²) in [5.41, 5.74) is 0. The van der Waals surface area contributed by atoms with Crippen molar-refractivity contribution >= 4 is 13.8 Å². The van der Waals surface area contributed by atoms with Gasteiger partial charge in [-0.1, -0.05) is 107 Å². The van der Waals surface area contributed by atoms with Crippen molar-refractivity contribution in [2.75, 3.05) is 33.0 Å². The summed E-state index contributed by atoms with van der Waals surface area (Å²) >= 11 is 0. The molecule has 0 aliphatic carbocycles. The van der Waals surface area contributed by atoms with E-state index in [1.807, 2.05) is 0 Å². The predicted octanol–water partition coefficient (Wildman–Crippen LogP) is 8.69. The largest absolute Gasteiger partial charge is 0.472 e. The third kappa shape index (κ3) is 32.4. The monoisotopic (exact) mass is 672 g/mol. The van der Waals surface area contributed by atoms with Crippen LogP contribution in [0.1, 0.15) is 129 Å². The van der Waals surface area contributed by atoms with E-state index >= 15 is 0 Å². The van der Waals surface area contributed by atoms with Gasteiger partial charge >= 0.3 is 13.8 Å². The Bertz CT molecular complexity index is 856. The van der Waals surface area contributed by atoms with Gasteiger partial charge in [0.25, 0.3) is 0 Å². The molecule has 3 unspecified atom stereocenters. The lowest BCUT2D eigenvalue weighted by Gasteiger charge is -2.20. The van der Waals surface area contributed by atoms with Gasteiger partial charge in [0.05, 0.1) is 26.4 Å². The van der Waals surface area contributed by atoms with Gasteiger partial charge in [-0.25, -0.2) is 4.57 Å². The van der Waals surface area contributed by atoms with Crippen LogP contribution in [0.2, 0.25) is 0 Å². The lowest BCUT2D eigenvalue weighted by Crippen LogP contribution is -2.29. The maximum absolute atomic E-state index is 12.5. The number of phosphoric ester groups is 1. The predicted molar refractivity (Wildman–Crippen MR) is 187 cm³/mol. The molecule has 0 saturated heterocycles. The van der Waals surface area contributed by atoms with Crippen LogP contribution in [-0.4, -0.2) is 66.3 Å². The Morgan fingerprint density at radius 1 is 0.696 bits per heavy atom. The average Bonchev–Trinajstić information content (AvgIpc) is 3.04. The first-order valence-electron chi connectivity index (χ1n) is 17.6. The molecule has 0 spiro atoms. The Hall–Kier alpha value is -1.58. The molecule has 0 saturated carbocycles. The van der Waals surface area contributed by atoms with Crippen LogP contribution in [0.5, 0.6) is 0 Å². The molecule has 3 N–H and O–H groups in total. The summed E-state index contributed by atoms with van der Waals surface area (Å²) in [7, 11) is -4.52. The molecule has 0 aliphatic heterocycles. The van der Waals surface area contributed by atoms with E-state index in [1.165, 1.54) is 12.8 Å². The topological polar surface area (TPSA) is 132 Å². The van der Waals surface area contributed by atoms with Gasteiger partial charge in [0, 0.05) is 13.0 Å². The summed E-state index contributed by atoms with van der Waals surface area (Å²) in [6, 6.07) is 0. The Labute approximate surface area is 279 Å². The van der Waals surface area contributed by atoms with Gasteiger partial charge in [0.15, 0.2) is 0 Å². The standard InChI is InChI=1S/C36H65O9P/c1-3-5-7-9-11-13-15-16-17-19-21-23-25-27-29-42-32-35(33-44-46(40,41)43-31-34(38)30-37)45-36(39)28-26-24-22-20-18-14-12-10-8-6-4-2/h5,7,10-13,16-17,34-35,37-38H,3-4,6,8-9,14-15,18-33H2,1-2H3,(H,40,41)/b7-5-,12-10-,13-11-,17-16-. The fourth-order valence-corrected chi connectivity index (χ4v) is 5.08.